The summed E-state index contributed by atoms with van der Waals surface area (Å²) in [5.74, 6) is 0.701. The molecule has 0 amide bonds. The molecule has 0 saturated heterocycles. The molecule has 0 aliphatic carbocycles. The van der Waals surface area contributed by atoms with Crippen molar-refractivity contribution in [1.82, 2.24) is 14.5 Å². The number of nitrogens with zero attached hydrogens (tertiary/aromatic N) is 2. The highest BCUT2D eigenvalue weighted by Crippen LogP contribution is 2.11. The smallest absolute Gasteiger partial charge is 0.328 e. The van der Waals surface area contributed by atoms with Gasteiger partial charge in [0.05, 0.1) is 11.0 Å². The van der Waals surface area contributed by atoms with E-state index >= 15 is 0 Å². The van der Waals surface area contributed by atoms with Crippen LogP contribution in [0.2, 0.25) is 0 Å². The molecule has 2 heterocycles. The van der Waals surface area contributed by atoms with Gasteiger partial charge in [-0.2, -0.15) is 0 Å². The minimum Gasteiger partial charge on any atom is -0.373 e. The molecule has 0 spiro atoms. The number of hydrogen-bond acceptors (Lipinski definition) is 4. The summed E-state index contributed by atoms with van der Waals surface area (Å²) in [7, 11) is 1.76. The fraction of sp³-hybridized carbons (Fsp3) is 0.182. The normalized spacial score (nSPS) is 10.3. The molecule has 2 aromatic rings. The molecule has 0 radical (unpaired) electrons. The number of nitrogens with one attached hydrogen (secondary N) is 2. The number of halogens is 1. The molecule has 6 nitrogen and oxygen atoms in total. The van der Waals surface area contributed by atoms with Gasteiger partial charge in [0.1, 0.15) is 5.82 Å². The first-order valence-electron chi connectivity index (χ1n) is 5.22. The third-order valence-corrected chi connectivity index (χ3v) is 3.00. The molecule has 2 rings (SSSR count). The van der Waals surface area contributed by atoms with Crippen LogP contribution in [-0.2, 0) is 6.54 Å². The number of aromatic amines is 1. The van der Waals surface area contributed by atoms with Crippen LogP contribution in [-0.4, -0.2) is 21.6 Å². The fourth-order valence-corrected chi connectivity index (χ4v) is 1.92. The molecule has 2 N–H and O–H groups in total. The summed E-state index contributed by atoms with van der Waals surface area (Å²) in [4.78, 5) is 29.3. The monoisotopic (exact) mass is 310 g/mol. The zero-order chi connectivity index (χ0) is 13.1. The van der Waals surface area contributed by atoms with Gasteiger partial charge >= 0.3 is 5.69 Å². The van der Waals surface area contributed by atoms with Crippen molar-refractivity contribution in [3.8, 4) is 0 Å². The van der Waals surface area contributed by atoms with E-state index in [4.69, 9.17) is 0 Å². The van der Waals surface area contributed by atoms with Crippen LogP contribution < -0.4 is 16.6 Å². The maximum Gasteiger partial charge on any atom is 0.328 e. The lowest BCUT2D eigenvalue weighted by Crippen LogP contribution is -2.30. The standard InChI is InChI=1S/C11H11BrN4O2/c1-13-9-7(3-2-4-14-9)5-16-6-8(12)10(17)15-11(16)18/h2-4,6H,5H2,1H3,(H,13,14)(H,15,17,18). The number of hydrogen-bond donors (Lipinski definition) is 2. The summed E-state index contributed by atoms with van der Waals surface area (Å²) in [6, 6.07) is 3.66. The van der Waals surface area contributed by atoms with Gasteiger partial charge in [0, 0.05) is 25.0 Å². The third-order valence-electron chi connectivity index (χ3n) is 2.44. The van der Waals surface area contributed by atoms with Crippen LogP contribution in [0.15, 0.2) is 38.6 Å². The van der Waals surface area contributed by atoms with Crippen molar-refractivity contribution >= 4 is 21.7 Å². The molecule has 7 heteroatoms. The SMILES string of the molecule is CNc1ncccc1Cn1cc(Br)c(=O)[nH]c1=O. The van der Waals surface area contributed by atoms with Crippen molar-refractivity contribution in [3.63, 3.8) is 0 Å². The van der Waals surface area contributed by atoms with Crippen molar-refractivity contribution in [3.05, 3.63) is 55.4 Å². The Kier molecular flexibility index (Phi) is 3.61. The second kappa shape index (κ2) is 5.18. The van der Waals surface area contributed by atoms with Crippen LogP contribution in [0.5, 0.6) is 0 Å². The lowest BCUT2D eigenvalue weighted by Gasteiger charge is -2.09. The van der Waals surface area contributed by atoms with Gasteiger partial charge in [0.25, 0.3) is 5.56 Å². The van der Waals surface area contributed by atoms with Crippen LogP contribution in [0.4, 0.5) is 5.82 Å². The third kappa shape index (κ3) is 2.51. The zero-order valence-corrected chi connectivity index (χ0v) is 11.2. The van der Waals surface area contributed by atoms with Crippen molar-refractivity contribution in [1.29, 1.82) is 0 Å². The summed E-state index contributed by atoms with van der Waals surface area (Å²) in [5, 5.41) is 2.95. The molecule has 0 atom stereocenters. The van der Waals surface area contributed by atoms with Gasteiger partial charge in [-0.1, -0.05) is 6.07 Å². The highest BCUT2D eigenvalue weighted by molar-refractivity contribution is 9.10. The van der Waals surface area contributed by atoms with E-state index in [2.05, 4.69) is 31.2 Å². The molecular formula is C11H11BrN4O2. The van der Waals surface area contributed by atoms with E-state index in [9.17, 15) is 9.59 Å². The van der Waals surface area contributed by atoms with Crippen LogP contribution in [0.3, 0.4) is 0 Å². The molecule has 0 aliphatic rings. The molecule has 0 bridgehead atoms. The predicted octanol–water partition coefficient (Wildman–Crippen LogP) is 0.784. The Bertz CT molecular complexity index is 677. The predicted molar refractivity (Wildman–Crippen MR) is 71.9 cm³/mol. The Morgan fingerprint density at radius 1 is 1.50 bits per heavy atom. The van der Waals surface area contributed by atoms with E-state index in [0.717, 1.165) is 5.56 Å². The van der Waals surface area contributed by atoms with E-state index in [1.165, 1.54) is 10.8 Å². The fourth-order valence-electron chi connectivity index (χ4n) is 1.57. The summed E-state index contributed by atoms with van der Waals surface area (Å²) < 4.78 is 1.72. The summed E-state index contributed by atoms with van der Waals surface area (Å²) in [6.07, 6.45) is 3.13. The summed E-state index contributed by atoms with van der Waals surface area (Å²) in [6.45, 7) is 0.332. The van der Waals surface area contributed by atoms with Gasteiger partial charge in [-0.05, 0) is 22.0 Å². The Balaban J connectivity index is 2.43. The van der Waals surface area contributed by atoms with Gasteiger partial charge in [-0.3, -0.25) is 14.3 Å². The van der Waals surface area contributed by atoms with Gasteiger partial charge in [-0.15, -0.1) is 0 Å². The number of anilines is 1. The lowest BCUT2D eigenvalue weighted by molar-refractivity contribution is 0.715. The minimum absolute atomic E-state index is 0.317. The van der Waals surface area contributed by atoms with E-state index in [1.54, 1.807) is 19.3 Å². The average molecular weight is 311 g/mol. The largest absolute Gasteiger partial charge is 0.373 e. The molecule has 0 unspecified atom stereocenters. The second-order valence-corrected chi connectivity index (χ2v) is 4.48. The van der Waals surface area contributed by atoms with Gasteiger partial charge in [0.15, 0.2) is 0 Å². The van der Waals surface area contributed by atoms with E-state index in [1.807, 2.05) is 6.07 Å². The van der Waals surface area contributed by atoms with Crippen molar-refractivity contribution < 1.29 is 0 Å². The van der Waals surface area contributed by atoms with Gasteiger partial charge in [-0.25, -0.2) is 9.78 Å². The molecule has 0 fully saturated rings. The molecule has 0 saturated carbocycles. The highest BCUT2D eigenvalue weighted by Gasteiger charge is 2.06. The van der Waals surface area contributed by atoms with Crippen LogP contribution in [0, 0.1) is 0 Å². The maximum absolute atomic E-state index is 11.6. The van der Waals surface area contributed by atoms with E-state index < -0.39 is 11.2 Å². The van der Waals surface area contributed by atoms with E-state index in [-0.39, 0.29) is 0 Å². The van der Waals surface area contributed by atoms with Crippen LogP contribution >= 0.6 is 15.9 Å². The second-order valence-electron chi connectivity index (χ2n) is 3.63. The lowest BCUT2D eigenvalue weighted by atomic mass is 10.2. The minimum atomic E-state index is -0.450. The molecule has 0 aromatic carbocycles. The molecular weight excluding hydrogens is 300 g/mol. The highest BCUT2D eigenvalue weighted by atomic mass is 79.9. The average Bonchev–Trinajstić information content (AvgIpc) is 2.36. The zero-order valence-electron chi connectivity index (χ0n) is 9.61. The Labute approximate surface area is 111 Å². The first-order chi connectivity index (χ1) is 8.61. The molecule has 0 aliphatic heterocycles. The Hall–Kier alpha value is -1.89. The maximum atomic E-state index is 11.6. The number of pyridine rings is 1. The number of H-pyrrole nitrogens is 1. The first-order valence-corrected chi connectivity index (χ1v) is 6.02. The van der Waals surface area contributed by atoms with Gasteiger partial charge < -0.3 is 5.32 Å². The van der Waals surface area contributed by atoms with Crippen LogP contribution in [0.25, 0.3) is 0 Å². The number of aromatic nitrogens is 3. The molecule has 18 heavy (non-hydrogen) atoms. The first kappa shape index (κ1) is 12.6. The Morgan fingerprint density at radius 3 is 3.00 bits per heavy atom. The Morgan fingerprint density at radius 2 is 2.28 bits per heavy atom. The summed E-state index contributed by atoms with van der Waals surface area (Å²) >= 11 is 3.09. The number of rotatable bonds is 3. The van der Waals surface area contributed by atoms with Crippen molar-refractivity contribution in [2.45, 2.75) is 6.54 Å². The van der Waals surface area contributed by atoms with E-state index in [0.29, 0.717) is 16.8 Å². The quantitative estimate of drug-likeness (QED) is 0.878. The molecule has 2 aromatic heterocycles. The topological polar surface area (TPSA) is 79.8 Å². The van der Waals surface area contributed by atoms with Gasteiger partial charge in [0.2, 0.25) is 0 Å². The molecule has 94 valence electrons. The van der Waals surface area contributed by atoms with Crippen LogP contribution in [0.1, 0.15) is 5.56 Å². The summed E-state index contributed by atoms with van der Waals surface area (Å²) in [5.41, 5.74) is -0.0218. The van der Waals surface area contributed by atoms with Crippen molar-refractivity contribution in [2.24, 2.45) is 0 Å². The van der Waals surface area contributed by atoms with Crippen molar-refractivity contribution in [2.75, 3.05) is 12.4 Å².